The van der Waals surface area contributed by atoms with Gasteiger partial charge in [-0.2, -0.15) is 13.2 Å². The normalized spacial score (nSPS) is 11.8. The van der Waals surface area contributed by atoms with E-state index in [1.54, 1.807) is 0 Å². The molecule has 2 heterocycles. The van der Waals surface area contributed by atoms with Crippen molar-refractivity contribution in [3.05, 3.63) is 53.9 Å². The van der Waals surface area contributed by atoms with Crippen molar-refractivity contribution in [2.75, 3.05) is 11.9 Å². The topological polar surface area (TPSA) is 53.6 Å². The van der Waals surface area contributed by atoms with Crippen LogP contribution >= 0.6 is 0 Å². The van der Waals surface area contributed by atoms with Crippen LogP contribution in [0.4, 0.5) is 19.0 Å². The van der Waals surface area contributed by atoms with Gasteiger partial charge >= 0.3 is 6.18 Å². The molecule has 0 saturated heterocycles. The number of H-pyrrole nitrogens is 1. The van der Waals surface area contributed by atoms with Crippen LogP contribution in [0.3, 0.4) is 0 Å². The summed E-state index contributed by atoms with van der Waals surface area (Å²) < 4.78 is 37.1. The van der Waals surface area contributed by atoms with Crippen LogP contribution in [0.25, 0.3) is 10.9 Å². The van der Waals surface area contributed by atoms with E-state index in [-0.39, 0.29) is 0 Å². The van der Waals surface area contributed by atoms with Crippen molar-refractivity contribution in [1.29, 1.82) is 0 Å². The van der Waals surface area contributed by atoms with Gasteiger partial charge in [-0.25, -0.2) is 0 Å². The van der Waals surface area contributed by atoms with Gasteiger partial charge in [-0.15, -0.1) is 10.2 Å². The van der Waals surface area contributed by atoms with Crippen LogP contribution in [-0.2, 0) is 12.6 Å². The van der Waals surface area contributed by atoms with Gasteiger partial charge in [0.25, 0.3) is 0 Å². The third-order valence-electron chi connectivity index (χ3n) is 3.24. The summed E-state index contributed by atoms with van der Waals surface area (Å²) in [5.74, 6) is 0.323. The molecule has 0 fully saturated rings. The van der Waals surface area contributed by atoms with Crippen LogP contribution in [0.1, 0.15) is 11.4 Å². The summed E-state index contributed by atoms with van der Waals surface area (Å²) >= 11 is 0. The van der Waals surface area contributed by atoms with Gasteiger partial charge in [0.2, 0.25) is 0 Å². The molecule has 0 aliphatic carbocycles. The largest absolute Gasteiger partial charge is 0.435 e. The number of alkyl halides is 3. The number of anilines is 1. The number of benzene rings is 1. The Labute approximate surface area is 124 Å². The van der Waals surface area contributed by atoms with E-state index >= 15 is 0 Å². The number of aromatic amines is 1. The smallest absolute Gasteiger partial charge is 0.368 e. The standard InChI is InChI=1S/C15H13F3N4/c16-15(17,18)13-5-6-14(22-21-13)19-8-7-11-9-10-3-1-2-4-12(10)20-11/h1-6,9,20H,7-8H2,(H,19,22). The molecular weight excluding hydrogens is 293 g/mol. The Hall–Kier alpha value is -2.57. The van der Waals surface area contributed by atoms with Crippen LogP contribution in [0.15, 0.2) is 42.5 Å². The number of rotatable bonds is 4. The van der Waals surface area contributed by atoms with Crippen LogP contribution in [0.2, 0.25) is 0 Å². The van der Waals surface area contributed by atoms with E-state index in [1.807, 2.05) is 24.3 Å². The van der Waals surface area contributed by atoms with E-state index in [2.05, 4.69) is 26.6 Å². The van der Waals surface area contributed by atoms with Gasteiger partial charge in [-0.05, 0) is 29.7 Å². The number of fused-ring (bicyclic) bond motifs is 1. The molecule has 4 nitrogen and oxygen atoms in total. The summed E-state index contributed by atoms with van der Waals surface area (Å²) in [7, 11) is 0. The van der Waals surface area contributed by atoms with Crippen LogP contribution < -0.4 is 5.32 Å². The van der Waals surface area contributed by atoms with Crippen molar-refractivity contribution in [1.82, 2.24) is 15.2 Å². The number of hydrogen-bond donors (Lipinski definition) is 2. The van der Waals surface area contributed by atoms with E-state index in [0.717, 1.165) is 22.7 Å². The van der Waals surface area contributed by atoms with Gasteiger partial charge in [-0.3, -0.25) is 0 Å². The molecule has 0 atom stereocenters. The van der Waals surface area contributed by atoms with Crippen molar-refractivity contribution in [2.45, 2.75) is 12.6 Å². The molecule has 0 unspecified atom stereocenters. The average molecular weight is 306 g/mol. The Morgan fingerprint density at radius 1 is 1.05 bits per heavy atom. The highest BCUT2D eigenvalue weighted by atomic mass is 19.4. The molecule has 7 heteroatoms. The molecule has 0 aliphatic rings. The van der Waals surface area contributed by atoms with Gasteiger partial charge in [0.15, 0.2) is 5.69 Å². The second-order valence-corrected chi connectivity index (χ2v) is 4.86. The van der Waals surface area contributed by atoms with Crippen LogP contribution in [-0.4, -0.2) is 21.7 Å². The number of halogens is 3. The highest BCUT2D eigenvalue weighted by molar-refractivity contribution is 5.80. The maximum atomic E-state index is 12.4. The zero-order chi connectivity index (χ0) is 15.6. The number of hydrogen-bond acceptors (Lipinski definition) is 3. The molecule has 1 aromatic carbocycles. The minimum absolute atomic E-state index is 0.323. The number of aromatic nitrogens is 3. The number of nitrogens with one attached hydrogen (secondary N) is 2. The zero-order valence-corrected chi connectivity index (χ0v) is 11.5. The first-order valence-electron chi connectivity index (χ1n) is 6.74. The van der Waals surface area contributed by atoms with Crippen LogP contribution in [0.5, 0.6) is 0 Å². The molecule has 114 valence electrons. The Balaban J connectivity index is 1.58. The number of para-hydroxylation sites is 1. The fourth-order valence-electron chi connectivity index (χ4n) is 2.17. The molecule has 0 radical (unpaired) electrons. The van der Waals surface area contributed by atoms with Crippen molar-refractivity contribution in [3.8, 4) is 0 Å². The molecule has 3 aromatic rings. The Morgan fingerprint density at radius 2 is 1.86 bits per heavy atom. The van der Waals surface area contributed by atoms with E-state index in [4.69, 9.17) is 0 Å². The Kier molecular flexibility index (Phi) is 3.70. The molecule has 0 aliphatic heterocycles. The monoisotopic (exact) mass is 306 g/mol. The molecule has 0 spiro atoms. The van der Waals surface area contributed by atoms with Gasteiger partial charge in [-0.1, -0.05) is 18.2 Å². The highest BCUT2D eigenvalue weighted by Gasteiger charge is 2.32. The molecular formula is C15H13F3N4. The SMILES string of the molecule is FC(F)(F)c1ccc(NCCc2cc3ccccc3[nH]2)nn1. The first kappa shape index (κ1) is 14.4. The second-order valence-electron chi connectivity index (χ2n) is 4.86. The van der Waals surface area contributed by atoms with Crippen LogP contribution in [0, 0.1) is 0 Å². The minimum Gasteiger partial charge on any atom is -0.368 e. The van der Waals surface area contributed by atoms with Gasteiger partial charge in [0.1, 0.15) is 5.82 Å². The molecule has 2 N–H and O–H groups in total. The lowest BCUT2D eigenvalue weighted by atomic mass is 10.2. The summed E-state index contributed by atoms with van der Waals surface area (Å²) in [4.78, 5) is 3.29. The maximum Gasteiger partial charge on any atom is 0.435 e. The molecule has 0 amide bonds. The third-order valence-corrected chi connectivity index (χ3v) is 3.24. The van der Waals surface area contributed by atoms with Gasteiger partial charge < -0.3 is 10.3 Å². The molecule has 3 rings (SSSR count). The van der Waals surface area contributed by atoms with Crippen molar-refractivity contribution in [3.63, 3.8) is 0 Å². The average Bonchev–Trinajstić information content (AvgIpc) is 2.89. The molecule has 2 aromatic heterocycles. The van der Waals surface area contributed by atoms with E-state index in [1.165, 1.54) is 6.07 Å². The Bertz CT molecular complexity index is 729. The fourth-order valence-corrected chi connectivity index (χ4v) is 2.17. The maximum absolute atomic E-state index is 12.4. The molecule has 0 bridgehead atoms. The summed E-state index contributed by atoms with van der Waals surface area (Å²) in [5, 5.41) is 10.8. The zero-order valence-electron chi connectivity index (χ0n) is 11.5. The third kappa shape index (κ3) is 3.19. The summed E-state index contributed by atoms with van der Waals surface area (Å²) in [5.41, 5.74) is 1.12. The van der Waals surface area contributed by atoms with E-state index in [9.17, 15) is 13.2 Å². The second kappa shape index (κ2) is 5.67. The van der Waals surface area contributed by atoms with E-state index in [0.29, 0.717) is 18.8 Å². The summed E-state index contributed by atoms with van der Waals surface area (Å²) in [6, 6.07) is 12.2. The van der Waals surface area contributed by atoms with Gasteiger partial charge in [0.05, 0.1) is 0 Å². The lowest BCUT2D eigenvalue weighted by molar-refractivity contribution is -0.141. The minimum atomic E-state index is -4.46. The van der Waals surface area contributed by atoms with Crippen molar-refractivity contribution in [2.24, 2.45) is 0 Å². The summed E-state index contributed by atoms with van der Waals surface area (Å²) in [6.45, 7) is 0.548. The van der Waals surface area contributed by atoms with Gasteiger partial charge in [0, 0.05) is 24.2 Å². The first-order chi connectivity index (χ1) is 10.5. The number of nitrogens with zero attached hydrogens (tertiary/aromatic N) is 2. The predicted octanol–water partition coefficient (Wildman–Crippen LogP) is 3.63. The van der Waals surface area contributed by atoms with Crippen molar-refractivity contribution >= 4 is 16.7 Å². The quantitative estimate of drug-likeness (QED) is 0.774. The summed E-state index contributed by atoms with van der Waals surface area (Å²) in [6.07, 6.45) is -3.76. The fraction of sp³-hybridized carbons (Fsp3) is 0.200. The first-order valence-corrected chi connectivity index (χ1v) is 6.74. The lowest BCUT2D eigenvalue weighted by Gasteiger charge is -2.06. The van der Waals surface area contributed by atoms with Crippen molar-refractivity contribution < 1.29 is 13.2 Å². The molecule has 22 heavy (non-hydrogen) atoms. The predicted molar refractivity (Wildman–Crippen MR) is 77.5 cm³/mol. The highest BCUT2D eigenvalue weighted by Crippen LogP contribution is 2.27. The lowest BCUT2D eigenvalue weighted by Crippen LogP contribution is -2.11. The van der Waals surface area contributed by atoms with E-state index < -0.39 is 11.9 Å². The Morgan fingerprint density at radius 3 is 2.55 bits per heavy atom. The molecule has 0 saturated carbocycles.